The monoisotopic (exact) mass is 327 g/mol. The standard InChI is InChI=1S/C17H21N5O2/c1-12(13-5-6-19-17(9-13)24-2)21-15-4-3-14(10-20-15)22-8-7-18-16(23)11-22/h3-6,9-10,12H,7-8,11H2,1-2H3,(H,18,23)(H,20,21)/t12-/m1/s1. The number of hydrogen-bond donors (Lipinski definition) is 2. The molecule has 1 saturated heterocycles. The zero-order chi connectivity index (χ0) is 16.9. The maximum atomic E-state index is 11.5. The number of amides is 1. The first-order valence-corrected chi connectivity index (χ1v) is 7.90. The highest BCUT2D eigenvalue weighted by molar-refractivity contribution is 5.82. The van der Waals surface area contributed by atoms with Gasteiger partial charge in [0.05, 0.1) is 31.6 Å². The molecule has 0 saturated carbocycles. The molecule has 0 aromatic carbocycles. The predicted molar refractivity (Wildman–Crippen MR) is 92.3 cm³/mol. The Labute approximate surface area is 141 Å². The maximum absolute atomic E-state index is 11.5. The van der Waals surface area contributed by atoms with Gasteiger partial charge in [-0.15, -0.1) is 0 Å². The summed E-state index contributed by atoms with van der Waals surface area (Å²) in [5.41, 5.74) is 2.02. The van der Waals surface area contributed by atoms with Crippen LogP contribution in [0.15, 0.2) is 36.7 Å². The highest BCUT2D eigenvalue weighted by Gasteiger charge is 2.16. The van der Waals surface area contributed by atoms with E-state index in [0.717, 1.165) is 23.6 Å². The van der Waals surface area contributed by atoms with E-state index < -0.39 is 0 Å². The minimum atomic E-state index is 0.0451. The van der Waals surface area contributed by atoms with Gasteiger partial charge in [-0.25, -0.2) is 9.97 Å². The summed E-state index contributed by atoms with van der Waals surface area (Å²) in [6, 6.07) is 7.82. The van der Waals surface area contributed by atoms with Gasteiger partial charge in [0, 0.05) is 25.4 Å². The first-order valence-electron chi connectivity index (χ1n) is 7.90. The third-order valence-corrected chi connectivity index (χ3v) is 3.98. The van der Waals surface area contributed by atoms with Gasteiger partial charge in [0.25, 0.3) is 0 Å². The molecule has 2 N–H and O–H groups in total. The number of anilines is 2. The fraction of sp³-hybridized carbons (Fsp3) is 0.353. The van der Waals surface area contributed by atoms with Gasteiger partial charge in [0.1, 0.15) is 5.82 Å². The van der Waals surface area contributed by atoms with Gasteiger partial charge in [-0.1, -0.05) is 0 Å². The summed E-state index contributed by atoms with van der Waals surface area (Å²) in [5, 5.41) is 6.17. The average Bonchev–Trinajstić information content (AvgIpc) is 2.62. The van der Waals surface area contributed by atoms with Crippen LogP contribution in [0.2, 0.25) is 0 Å². The van der Waals surface area contributed by atoms with E-state index in [4.69, 9.17) is 4.74 Å². The molecule has 0 unspecified atom stereocenters. The Morgan fingerprint density at radius 2 is 2.21 bits per heavy atom. The zero-order valence-corrected chi connectivity index (χ0v) is 13.8. The van der Waals surface area contributed by atoms with Gasteiger partial charge in [0.2, 0.25) is 11.8 Å². The molecule has 2 aromatic rings. The number of nitrogens with one attached hydrogen (secondary N) is 2. The number of piperazine rings is 1. The molecule has 7 nitrogen and oxygen atoms in total. The molecule has 1 aliphatic rings. The summed E-state index contributed by atoms with van der Waals surface area (Å²) in [5.74, 6) is 1.42. The van der Waals surface area contributed by atoms with Crippen LogP contribution in [0.1, 0.15) is 18.5 Å². The number of ether oxygens (including phenoxy) is 1. The largest absolute Gasteiger partial charge is 0.481 e. The van der Waals surface area contributed by atoms with E-state index in [0.29, 0.717) is 19.0 Å². The van der Waals surface area contributed by atoms with Crippen LogP contribution in [0.4, 0.5) is 11.5 Å². The van der Waals surface area contributed by atoms with Crippen LogP contribution in [-0.2, 0) is 4.79 Å². The molecule has 0 spiro atoms. The molecule has 0 bridgehead atoms. The minimum absolute atomic E-state index is 0.0451. The predicted octanol–water partition coefficient (Wildman–Crippen LogP) is 1.59. The number of hydrogen-bond acceptors (Lipinski definition) is 6. The molecule has 7 heteroatoms. The number of pyridine rings is 2. The number of carbonyl (C=O) groups excluding carboxylic acids is 1. The quantitative estimate of drug-likeness (QED) is 0.868. The molecule has 3 rings (SSSR count). The Hall–Kier alpha value is -2.83. The third-order valence-electron chi connectivity index (χ3n) is 3.98. The van der Waals surface area contributed by atoms with Gasteiger partial charge in [-0.05, 0) is 30.7 Å². The highest BCUT2D eigenvalue weighted by atomic mass is 16.5. The Kier molecular flexibility index (Phi) is 4.79. The molecule has 0 radical (unpaired) electrons. The molecule has 2 aromatic heterocycles. The zero-order valence-electron chi connectivity index (χ0n) is 13.8. The van der Waals surface area contributed by atoms with Gasteiger partial charge in [0.15, 0.2) is 0 Å². The normalized spacial score (nSPS) is 15.6. The van der Waals surface area contributed by atoms with Crippen molar-refractivity contribution < 1.29 is 9.53 Å². The molecule has 126 valence electrons. The molecule has 1 fully saturated rings. The molecule has 1 amide bonds. The summed E-state index contributed by atoms with van der Waals surface area (Å²) in [4.78, 5) is 22.1. The van der Waals surface area contributed by atoms with Crippen LogP contribution in [-0.4, -0.2) is 42.6 Å². The fourth-order valence-electron chi connectivity index (χ4n) is 2.63. The van der Waals surface area contributed by atoms with Crippen molar-refractivity contribution in [3.63, 3.8) is 0 Å². The van der Waals surface area contributed by atoms with Crippen LogP contribution < -0.4 is 20.3 Å². The number of carbonyl (C=O) groups is 1. The van der Waals surface area contributed by atoms with E-state index in [1.165, 1.54) is 0 Å². The highest BCUT2D eigenvalue weighted by Crippen LogP contribution is 2.22. The molecule has 24 heavy (non-hydrogen) atoms. The maximum Gasteiger partial charge on any atom is 0.239 e. The fourth-order valence-corrected chi connectivity index (χ4v) is 2.63. The first kappa shape index (κ1) is 16.0. The minimum Gasteiger partial charge on any atom is -0.481 e. The van der Waals surface area contributed by atoms with E-state index in [1.807, 2.05) is 29.2 Å². The van der Waals surface area contributed by atoms with Crippen LogP contribution >= 0.6 is 0 Å². The van der Waals surface area contributed by atoms with E-state index in [2.05, 4.69) is 27.5 Å². The smallest absolute Gasteiger partial charge is 0.239 e. The van der Waals surface area contributed by atoms with Gasteiger partial charge < -0.3 is 20.3 Å². The number of rotatable bonds is 5. The second-order valence-corrected chi connectivity index (χ2v) is 5.67. The second kappa shape index (κ2) is 7.16. The van der Waals surface area contributed by atoms with Crippen LogP contribution in [0.5, 0.6) is 5.88 Å². The lowest BCUT2D eigenvalue weighted by Gasteiger charge is -2.28. The third kappa shape index (κ3) is 3.73. The van der Waals surface area contributed by atoms with Gasteiger partial charge in [-0.2, -0.15) is 0 Å². The average molecular weight is 327 g/mol. The van der Waals surface area contributed by atoms with Crippen molar-refractivity contribution in [3.05, 3.63) is 42.2 Å². The Morgan fingerprint density at radius 1 is 1.33 bits per heavy atom. The van der Waals surface area contributed by atoms with Crippen LogP contribution in [0.3, 0.4) is 0 Å². The lowest BCUT2D eigenvalue weighted by atomic mass is 10.1. The molecular formula is C17H21N5O2. The van der Waals surface area contributed by atoms with Crippen molar-refractivity contribution in [1.82, 2.24) is 15.3 Å². The Morgan fingerprint density at radius 3 is 2.92 bits per heavy atom. The molecule has 1 atom stereocenters. The summed E-state index contributed by atoms with van der Waals surface area (Å²) in [6.07, 6.45) is 3.52. The van der Waals surface area contributed by atoms with Crippen molar-refractivity contribution >= 4 is 17.4 Å². The molecule has 1 aliphatic heterocycles. The first-order chi connectivity index (χ1) is 11.7. The van der Waals surface area contributed by atoms with Crippen LogP contribution in [0.25, 0.3) is 0 Å². The second-order valence-electron chi connectivity index (χ2n) is 5.67. The lowest BCUT2D eigenvalue weighted by Crippen LogP contribution is -2.47. The Balaban J connectivity index is 1.66. The van der Waals surface area contributed by atoms with Crippen molar-refractivity contribution in [2.75, 3.05) is 37.0 Å². The van der Waals surface area contributed by atoms with Crippen molar-refractivity contribution in [3.8, 4) is 5.88 Å². The SMILES string of the molecule is COc1cc([C@@H](C)Nc2ccc(N3CCNC(=O)C3)cn2)ccn1. The lowest BCUT2D eigenvalue weighted by molar-refractivity contribution is -0.120. The topological polar surface area (TPSA) is 79.4 Å². The van der Waals surface area contributed by atoms with Crippen molar-refractivity contribution in [2.45, 2.75) is 13.0 Å². The van der Waals surface area contributed by atoms with E-state index in [1.54, 1.807) is 19.5 Å². The summed E-state index contributed by atoms with van der Waals surface area (Å²) >= 11 is 0. The summed E-state index contributed by atoms with van der Waals surface area (Å²) in [6.45, 7) is 3.90. The summed E-state index contributed by atoms with van der Waals surface area (Å²) in [7, 11) is 1.60. The molecule has 3 heterocycles. The van der Waals surface area contributed by atoms with Gasteiger partial charge in [-0.3, -0.25) is 4.79 Å². The summed E-state index contributed by atoms with van der Waals surface area (Å²) < 4.78 is 5.15. The van der Waals surface area contributed by atoms with E-state index in [-0.39, 0.29) is 11.9 Å². The van der Waals surface area contributed by atoms with E-state index in [9.17, 15) is 4.79 Å². The number of methoxy groups -OCH3 is 1. The molecular weight excluding hydrogens is 306 g/mol. The van der Waals surface area contributed by atoms with Crippen molar-refractivity contribution in [1.29, 1.82) is 0 Å². The Bertz CT molecular complexity index is 704. The van der Waals surface area contributed by atoms with E-state index >= 15 is 0 Å². The van der Waals surface area contributed by atoms with Crippen LogP contribution in [0, 0.1) is 0 Å². The molecule has 0 aliphatic carbocycles. The van der Waals surface area contributed by atoms with Crippen molar-refractivity contribution in [2.24, 2.45) is 0 Å². The number of aromatic nitrogens is 2. The number of nitrogens with zero attached hydrogens (tertiary/aromatic N) is 3. The van der Waals surface area contributed by atoms with Gasteiger partial charge >= 0.3 is 0 Å².